The van der Waals surface area contributed by atoms with Crippen molar-refractivity contribution in [3.05, 3.63) is 29.8 Å². The summed E-state index contributed by atoms with van der Waals surface area (Å²) in [5.41, 5.74) is 0.433. The van der Waals surface area contributed by atoms with Crippen LogP contribution in [0.5, 0.6) is 5.75 Å². The predicted octanol–water partition coefficient (Wildman–Crippen LogP) is -1.51. The molecule has 1 aromatic rings. The van der Waals surface area contributed by atoms with E-state index >= 15 is 0 Å². The van der Waals surface area contributed by atoms with Gasteiger partial charge in [-0.3, -0.25) is 10.1 Å². The molecule has 0 saturated heterocycles. The number of phenolic OH excluding ortho intramolecular Hbond substituents is 1. The summed E-state index contributed by atoms with van der Waals surface area (Å²) in [5, 5.41) is 51.4. The van der Waals surface area contributed by atoms with E-state index in [-0.39, 0.29) is 11.5 Å². The fraction of sp³-hybridized carbons (Fsp3) is 0.500. The first-order chi connectivity index (χ1) is 10.9. The first-order valence-corrected chi connectivity index (χ1v) is 8.27. The standard InChI is InChI=1S/C14H22N2O6S/c1-23-7-10(14(21)22)15-13(20)12(16-11(19)6-17)8-2-4-9(18)5-3-8/h2-5,10-12,14,16-19,21-22H,6-7H2,1H3,(H,15,20)/t10-,11?,12?/m0/s1. The number of hydrogen-bond acceptors (Lipinski definition) is 8. The molecule has 0 aliphatic heterocycles. The number of thioether (sulfide) groups is 1. The summed E-state index contributed by atoms with van der Waals surface area (Å²) >= 11 is 1.33. The first-order valence-electron chi connectivity index (χ1n) is 6.88. The van der Waals surface area contributed by atoms with Gasteiger partial charge in [0.1, 0.15) is 18.0 Å². The highest BCUT2D eigenvalue weighted by Gasteiger charge is 2.27. The maximum Gasteiger partial charge on any atom is 0.242 e. The zero-order valence-electron chi connectivity index (χ0n) is 12.6. The Balaban J connectivity index is 2.93. The highest BCUT2D eigenvalue weighted by Crippen LogP contribution is 2.18. The number of nitrogens with one attached hydrogen (secondary N) is 2. The minimum absolute atomic E-state index is 0.0154. The number of aliphatic hydroxyl groups excluding tert-OH is 3. The van der Waals surface area contributed by atoms with Crippen molar-refractivity contribution in [3.63, 3.8) is 0 Å². The van der Waals surface area contributed by atoms with E-state index in [1.807, 2.05) is 0 Å². The van der Waals surface area contributed by atoms with Gasteiger partial charge in [0.05, 0.1) is 12.6 Å². The highest BCUT2D eigenvalue weighted by molar-refractivity contribution is 7.98. The second kappa shape index (κ2) is 9.71. The van der Waals surface area contributed by atoms with Crippen molar-refractivity contribution in [1.82, 2.24) is 10.6 Å². The monoisotopic (exact) mass is 346 g/mol. The molecule has 0 bridgehead atoms. The van der Waals surface area contributed by atoms with Crippen molar-refractivity contribution in [2.24, 2.45) is 0 Å². The fourth-order valence-electron chi connectivity index (χ4n) is 1.88. The molecule has 1 rings (SSSR count). The molecule has 0 fully saturated rings. The van der Waals surface area contributed by atoms with E-state index in [1.165, 1.54) is 36.0 Å². The minimum atomic E-state index is -1.73. The van der Waals surface area contributed by atoms with Crippen LogP contribution in [0, 0.1) is 0 Å². The molecule has 130 valence electrons. The van der Waals surface area contributed by atoms with E-state index in [0.717, 1.165) is 0 Å². The average Bonchev–Trinajstić information content (AvgIpc) is 2.52. The molecule has 0 saturated carbocycles. The van der Waals surface area contributed by atoms with E-state index in [1.54, 1.807) is 6.26 Å². The number of amides is 1. The summed E-state index contributed by atoms with van der Waals surface area (Å²) in [7, 11) is 0. The van der Waals surface area contributed by atoms with Crippen LogP contribution in [0.3, 0.4) is 0 Å². The van der Waals surface area contributed by atoms with Gasteiger partial charge in [0.2, 0.25) is 5.91 Å². The van der Waals surface area contributed by atoms with Crippen LogP contribution in [-0.4, -0.2) is 68.6 Å². The molecule has 2 unspecified atom stereocenters. The van der Waals surface area contributed by atoms with E-state index in [9.17, 15) is 25.2 Å². The smallest absolute Gasteiger partial charge is 0.242 e. The summed E-state index contributed by atoms with van der Waals surface area (Å²) < 4.78 is 0. The van der Waals surface area contributed by atoms with Crippen molar-refractivity contribution < 1.29 is 30.3 Å². The minimum Gasteiger partial charge on any atom is -0.508 e. The zero-order valence-corrected chi connectivity index (χ0v) is 13.4. The Hall–Kier alpha value is -1.36. The van der Waals surface area contributed by atoms with Crippen LogP contribution in [0.15, 0.2) is 24.3 Å². The molecule has 9 heteroatoms. The van der Waals surface area contributed by atoms with Crippen molar-refractivity contribution in [2.75, 3.05) is 18.6 Å². The lowest BCUT2D eigenvalue weighted by Crippen LogP contribution is -2.50. The number of aliphatic hydroxyl groups is 4. The topological polar surface area (TPSA) is 142 Å². The Morgan fingerprint density at radius 2 is 1.83 bits per heavy atom. The molecule has 0 aliphatic carbocycles. The van der Waals surface area contributed by atoms with Gasteiger partial charge in [0.25, 0.3) is 0 Å². The second-order valence-corrected chi connectivity index (χ2v) is 5.78. The van der Waals surface area contributed by atoms with Gasteiger partial charge in [0, 0.05) is 5.75 Å². The van der Waals surface area contributed by atoms with E-state index < -0.39 is 37.1 Å². The number of carbonyl (C=O) groups excluding carboxylic acids is 1. The molecule has 7 N–H and O–H groups in total. The Morgan fingerprint density at radius 1 is 1.22 bits per heavy atom. The molecule has 1 amide bonds. The van der Waals surface area contributed by atoms with Crippen LogP contribution in [0.4, 0.5) is 0 Å². The molecule has 8 nitrogen and oxygen atoms in total. The van der Waals surface area contributed by atoms with Crippen LogP contribution in [-0.2, 0) is 4.79 Å². The first kappa shape index (κ1) is 19.7. The molecule has 0 radical (unpaired) electrons. The van der Waals surface area contributed by atoms with E-state index in [2.05, 4.69) is 10.6 Å². The summed E-state index contributed by atoms with van der Waals surface area (Å²) in [6.07, 6.45) is -1.31. The number of hydrogen-bond donors (Lipinski definition) is 7. The van der Waals surface area contributed by atoms with Crippen LogP contribution < -0.4 is 10.6 Å². The molecule has 3 atom stereocenters. The van der Waals surface area contributed by atoms with Gasteiger partial charge < -0.3 is 30.8 Å². The maximum absolute atomic E-state index is 12.4. The molecule has 0 aliphatic rings. The second-order valence-electron chi connectivity index (χ2n) is 4.87. The third-order valence-corrected chi connectivity index (χ3v) is 3.75. The van der Waals surface area contributed by atoms with Gasteiger partial charge in [0.15, 0.2) is 6.29 Å². The Morgan fingerprint density at radius 3 is 2.30 bits per heavy atom. The van der Waals surface area contributed by atoms with Gasteiger partial charge in [-0.25, -0.2) is 0 Å². The summed E-state index contributed by atoms with van der Waals surface area (Å²) in [6, 6.07) is 3.79. The van der Waals surface area contributed by atoms with Gasteiger partial charge >= 0.3 is 0 Å². The lowest BCUT2D eigenvalue weighted by molar-refractivity contribution is -0.129. The maximum atomic E-state index is 12.4. The highest BCUT2D eigenvalue weighted by atomic mass is 32.2. The average molecular weight is 346 g/mol. The molecule has 1 aromatic carbocycles. The normalized spacial score (nSPS) is 15.2. The molecular formula is C14H22N2O6S. The van der Waals surface area contributed by atoms with Crippen molar-refractivity contribution in [2.45, 2.75) is 24.6 Å². The van der Waals surface area contributed by atoms with Crippen LogP contribution >= 0.6 is 11.8 Å². The zero-order chi connectivity index (χ0) is 17.4. The predicted molar refractivity (Wildman–Crippen MR) is 85.6 cm³/mol. The number of rotatable bonds is 9. The van der Waals surface area contributed by atoms with Crippen LogP contribution in [0.1, 0.15) is 11.6 Å². The molecule has 0 spiro atoms. The SMILES string of the molecule is CSC[C@H](NC(=O)C(NC(O)CO)c1ccc(O)cc1)C(O)O. The third-order valence-electron chi connectivity index (χ3n) is 3.05. The van der Waals surface area contributed by atoms with Crippen LogP contribution in [0.25, 0.3) is 0 Å². The van der Waals surface area contributed by atoms with Crippen molar-refractivity contribution >= 4 is 17.7 Å². The molecule has 23 heavy (non-hydrogen) atoms. The quantitative estimate of drug-likeness (QED) is 0.268. The number of carbonyl (C=O) groups is 1. The van der Waals surface area contributed by atoms with Crippen molar-refractivity contribution in [1.29, 1.82) is 0 Å². The Labute approximate surface area is 138 Å². The number of aromatic hydroxyl groups is 1. The Bertz CT molecular complexity index is 485. The van der Waals surface area contributed by atoms with E-state index in [4.69, 9.17) is 5.11 Å². The van der Waals surface area contributed by atoms with Gasteiger partial charge in [-0.1, -0.05) is 12.1 Å². The van der Waals surface area contributed by atoms with E-state index in [0.29, 0.717) is 5.56 Å². The van der Waals surface area contributed by atoms with Crippen molar-refractivity contribution in [3.8, 4) is 5.75 Å². The van der Waals surface area contributed by atoms with Gasteiger partial charge in [-0.05, 0) is 24.0 Å². The largest absolute Gasteiger partial charge is 0.508 e. The van der Waals surface area contributed by atoms with Crippen LogP contribution in [0.2, 0.25) is 0 Å². The molecule has 0 heterocycles. The molecule has 0 aromatic heterocycles. The summed E-state index contributed by atoms with van der Waals surface area (Å²) in [5.74, 6) is -0.300. The van der Waals surface area contributed by atoms with Gasteiger partial charge in [-0.2, -0.15) is 11.8 Å². The fourth-order valence-corrected chi connectivity index (χ4v) is 2.50. The summed E-state index contributed by atoms with van der Waals surface area (Å²) in [4.78, 5) is 12.4. The summed E-state index contributed by atoms with van der Waals surface area (Å²) in [6.45, 7) is -0.598. The number of benzene rings is 1. The molecular weight excluding hydrogens is 324 g/mol. The Kier molecular flexibility index (Phi) is 8.31. The van der Waals surface area contributed by atoms with Gasteiger partial charge in [-0.15, -0.1) is 0 Å². The lowest BCUT2D eigenvalue weighted by atomic mass is 10.1. The lowest BCUT2D eigenvalue weighted by Gasteiger charge is -2.25. The number of phenols is 1. The third kappa shape index (κ3) is 6.34.